The second kappa shape index (κ2) is 8.97. The average molecular weight is 415 g/mol. The first-order valence-electron chi connectivity index (χ1n) is 8.95. The van der Waals surface area contributed by atoms with E-state index in [2.05, 4.69) is 15.0 Å². The van der Waals surface area contributed by atoms with Gasteiger partial charge in [-0.05, 0) is 56.2 Å². The molecule has 9 heteroatoms. The molecule has 0 saturated carbocycles. The summed E-state index contributed by atoms with van der Waals surface area (Å²) in [6, 6.07) is 13.3. The molecule has 0 radical (unpaired) electrons. The molecule has 0 amide bonds. The highest BCUT2D eigenvalue weighted by molar-refractivity contribution is 7.86. The maximum atomic E-state index is 12.2. The summed E-state index contributed by atoms with van der Waals surface area (Å²) in [5, 5.41) is 8.14. The quantitative estimate of drug-likeness (QED) is 0.317. The van der Waals surface area contributed by atoms with Gasteiger partial charge in [-0.15, -0.1) is 5.10 Å². The lowest BCUT2D eigenvalue weighted by molar-refractivity contribution is 0.0600. The number of hydrogen-bond acceptors (Lipinski definition) is 7. The summed E-state index contributed by atoms with van der Waals surface area (Å²) in [6.07, 6.45) is 2.75. The zero-order valence-corrected chi connectivity index (χ0v) is 16.9. The molecule has 29 heavy (non-hydrogen) atoms. The van der Waals surface area contributed by atoms with Gasteiger partial charge < -0.3 is 4.74 Å². The van der Waals surface area contributed by atoms with E-state index in [9.17, 15) is 13.2 Å². The second-order valence-electron chi connectivity index (χ2n) is 6.39. The molecule has 0 unspecified atom stereocenters. The predicted octanol–water partition coefficient (Wildman–Crippen LogP) is 2.70. The van der Waals surface area contributed by atoms with Crippen molar-refractivity contribution >= 4 is 16.1 Å². The number of benzene rings is 2. The van der Waals surface area contributed by atoms with Gasteiger partial charge in [0.25, 0.3) is 10.1 Å². The van der Waals surface area contributed by atoms with Crippen molar-refractivity contribution in [2.75, 3.05) is 13.7 Å². The van der Waals surface area contributed by atoms with Gasteiger partial charge in [0, 0.05) is 0 Å². The molecule has 3 aromatic rings. The SMILES string of the molecule is COC(=O)c1ccc(-n2cc(CCCOS(=O)(=O)c3ccc(C)cc3)nn2)cc1. The Labute approximate surface area is 169 Å². The van der Waals surface area contributed by atoms with Crippen LogP contribution < -0.4 is 0 Å². The van der Waals surface area contributed by atoms with Crippen LogP contribution in [0, 0.1) is 6.92 Å². The van der Waals surface area contributed by atoms with Crippen molar-refractivity contribution in [2.45, 2.75) is 24.7 Å². The van der Waals surface area contributed by atoms with E-state index in [0.29, 0.717) is 24.1 Å². The minimum Gasteiger partial charge on any atom is -0.465 e. The van der Waals surface area contributed by atoms with Gasteiger partial charge in [-0.1, -0.05) is 22.9 Å². The van der Waals surface area contributed by atoms with Crippen LogP contribution in [-0.4, -0.2) is 43.1 Å². The monoisotopic (exact) mass is 415 g/mol. The van der Waals surface area contributed by atoms with Crippen molar-refractivity contribution < 1.29 is 22.1 Å². The maximum absolute atomic E-state index is 12.2. The first kappa shape index (κ1) is 20.7. The summed E-state index contributed by atoms with van der Waals surface area (Å²) in [4.78, 5) is 11.6. The van der Waals surface area contributed by atoms with Crippen LogP contribution in [0.4, 0.5) is 0 Å². The fraction of sp³-hybridized carbons (Fsp3) is 0.250. The highest BCUT2D eigenvalue weighted by atomic mass is 32.2. The van der Waals surface area contributed by atoms with Crippen molar-refractivity contribution in [1.29, 1.82) is 0 Å². The standard InChI is InChI=1S/C20H21N3O5S/c1-15-5-11-19(12-6-15)29(25,26)28-13-3-4-17-14-23(22-21-17)18-9-7-16(8-10-18)20(24)27-2/h5-12,14H,3-4,13H2,1-2H3. The molecule has 0 fully saturated rings. The summed E-state index contributed by atoms with van der Waals surface area (Å²) in [5.41, 5.74) is 2.88. The number of ether oxygens (including phenoxy) is 1. The number of esters is 1. The van der Waals surface area contributed by atoms with Crippen LogP contribution in [0.25, 0.3) is 5.69 Å². The van der Waals surface area contributed by atoms with E-state index < -0.39 is 16.1 Å². The van der Waals surface area contributed by atoms with E-state index >= 15 is 0 Å². The van der Waals surface area contributed by atoms with Gasteiger partial charge >= 0.3 is 5.97 Å². The van der Waals surface area contributed by atoms with Crippen LogP contribution >= 0.6 is 0 Å². The Morgan fingerprint density at radius 1 is 1.07 bits per heavy atom. The molecule has 0 aliphatic heterocycles. The zero-order chi connectivity index (χ0) is 20.9. The lowest BCUT2D eigenvalue weighted by atomic mass is 10.2. The number of rotatable bonds is 8. The molecule has 0 spiro atoms. The molecule has 0 aliphatic carbocycles. The molecule has 3 rings (SSSR count). The summed E-state index contributed by atoms with van der Waals surface area (Å²) in [5.74, 6) is -0.406. The minimum atomic E-state index is -3.76. The van der Waals surface area contributed by atoms with Gasteiger partial charge in [-0.2, -0.15) is 8.42 Å². The maximum Gasteiger partial charge on any atom is 0.337 e. The number of nitrogens with zero attached hydrogens (tertiary/aromatic N) is 3. The highest BCUT2D eigenvalue weighted by Crippen LogP contribution is 2.14. The fourth-order valence-corrected chi connectivity index (χ4v) is 3.54. The minimum absolute atomic E-state index is 0.0525. The number of carbonyl (C=O) groups is 1. The Bertz CT molecular complexity index is 1070. The Kier molecular flexibility index (Phi) is 6.40. The number of methoxy groups -OCH3 is 1. The van der Waals surface area contributed by atoms with Gasteiger partial charge in [-0.25, -0.2) is 9.48 Å². The van der Waals surface area contributed by atoms with Crippen LogP contribution in [-0.2, 0) is 25.5 Å². The van der Waals surface area contributed by atoms with Gasteiger partial charge in [0.15, 0.2) is 0 Å². The van der Waals surface area contributed by atoms with Gasteiger partial charge in [0.1, 0.15) is 0 Å². The third-order valence-corrected chi connectivity index (χ3v) is 5.55. The van der Waals surface area contributed by atoms with Crippen LogP contribution in [0.1, 0.15) is 28.0 Å². The first-order valence-corrected chi connectivity index (χ1v) is 10.4. The molecule has 152 valence electrons. The fourth-order valence-electron chi connectivity index (χ4n) is 2.60. The number of aryl methyl sites for hydroxylation is 2. The van der Waals surface area contributed by atoms with Gasteiger partial charge in [0.05, 0.1) is 41.8 Å². The normalized spacial score (nSPS) is 11.4. The molecule has 0 aliphatic rings. The Balaban J connectivity index is 1.53. The third kappa shape index (κ3) is 5.27. The molecule has 1 aromatic heterocycles. The summed E-state index contributed by atoms with van der Waals surface area (Å²) >= 11 is 0. The molecule has 1 heterocycles. The molecule has 2 aromatic carbocycles. The lowest BCUT2D eigenvalue weighted by Gasteiger charge is -2.05. The predicted molar refractivity (Wildman–Crippen MR) is 105 cm³/mol. The molecular weight excluding hydrogens is 394 g/mol. The largest absolute Gasteiger partial charge is 0.465 e. The van der Waals surface area contributed by atoms with E-state index in [1.807, 2.05) is 6.92 Å². The number of carbonyl (C=O) groups excluding carboxylic acids is 1. The topological polar surface area (TPSA) is 100 Å². The van der Waals surface area contributed by atoms with Crippen LogP contribution in [0.3, 0.4) is 0 Å². The van der Waals surface area contributed by atoms with Crippen LogP contribution in [0.2, 0.25) is 0 Å². The second-order valence-corrected chi connectivity index (χ2v) is 8.00. The van der Waals surface area contributed by atoms with Crippen LogP contribution in [0.15, 0.2) is 59.6 Å². The zero-order valence-electron chi connectivity index (χ0n) is 16.1. The number of aromatic nitrogens is 3. The summed E-state index contributed by atoms with van der Waals surface area (Å²) in [6.45, 7) is 1.94. The van der Waals surface area contributed by atoms with Crippen molar-refractivity contribution in [3.8, 4) is 5.69 Å². The first-order chi connectivity index (χ1) is 13.9. The Morgan fingerprint density at radius 2 is 1.76 bits per heavy atom. The van der Waals surface area contributed by atoms with Gasteiger partial charge in [0.2, 0.25) is 0 Å². The highest BCUT2D eigenvalue weighted by Gasteiger charge is 2.14. The van der Waals surface area contributed by atoms with Crippen molar-refractivity contribution in [2.24, 2.45) is 0 Å². The molecule has 8 nitrogen and oxygen atoms in total. The van der Waals surface area contributed by atoms with Crippen molar-refractivity contribution in [3.63, 3.8) is 0 Å². The summed E-state index contributed by atoms with van der Waals surface area (Å²) in [7, 11) is -2.43. The van der Waals surface area contributed by atoms with Crippen LogP contribution in [0.5, 0.6) is 0 Å². The van der Waals surface area contributed by atoms with Crippen molar-refractivity contribution in [1.82, 2.24) is 15.0 Å². The summed E-state index contributed by atoms with van der Waals surface area (Å²) < 4.78 is 35.6. The molecule has 0 atom stereocenters. The van der Waals surface area contributed by atoms with E-state index in [1.165, 1.54) is 19.2 Å². The van der Waals surface area contributed by atoms with E-state index in [-0.39, 0.29) is 11.5 Å². The third-order valence-electron chi connectivity index (χ3n) is 4.22. The molecule has 0 bridgehead atoms. The van der Waals surface area contributed by atoms with Crippen molar-refractivity contribution in [3.05, 3.63) is 71.5 Å². The molecular formula is C20H21N3O5S. The van der Waals surface area contributed by atoms with E-state index in [0.717, 1.165) is 11.3 Å². The molecule has 0 N–H and O–H groups in total. The average Bonchev–Trinajstić information content (AvgIpc) is 3.20. The molecule has 0 saturated heterocycles. The smallest absolute Gasteiger partial charge is 0.337 e. The van der Waals surface area contributed by atoms with Gasteiger partial charge in [-0.3, -0.25) is 4.18 Å². The van der Waals surface area contributed by atoms with E-state index in [1.54, 1.807) is 47.3 Å². The number of hydrogen-bond donors (Lipinski definition) is 0. The Hall–Kier alpha value is -3.04. The Morgan fingerprint density at radius 3 is 2.41 bits per heavy atom. The lowest BCUT2D eigenvalue weighted by Crippen LogP contribution is -2.08. The van der Waals surface area contributed by atoms with E-state index in [4.69, 9.17) is 4.18 Å².